The van der Waals surface area contributed by atoms with E-state index in [1.165, 1.54) is 0 Å². The monoisotopic (exact) mass is 303 g/mol. The summed E-state index contributed by atoms with van der Waals surface area (Å²) >= 11 is 0. The Kier molecular flexibility index (Phi) is 4.30. The van der Waals surface area contributed by atoms with Crippen LogP contribution < -0.4 is 11.4 Å². The minimum absolute atomic E-state index is 0.308. The van der Waals surface area contributed by atoms with Crippen LogP contribution in [0.15, 0.2) is 11.3 Å². The van der Waals surface area contributed by atoms with Crippen LogP contribution in [0.2, 0.25) is 0 Å². The third-order valence-corrected chi connectivity index (χ3v) is 2.47. The molecule has 0 radical (unpaired) electrons. The molecule has 0 aliphatic rings. The predicted molar refractivity (Wildman–Crippen MR) is 56.3 cm³/mol. The fourth-order valence-corrected chi connectivity index (χ4v) is 1.23. The molecule has 0 spiro atoms. The van der Waals surface area contributed by atoms with Gasteiger partial charge in [-0.3, -0.25) is 4.57 Å². The van der Waals surface area contributed by atoms with E-state index in [-0.39, 0.29) is 0 Å². The minimum atomic E-state index is -4.73. The molecule has 0 saturated heterocycles. The Balaban J connectivity index is 3.43. The summed E-state index contributed by atoms with van der Waals surface area (Å²) in [4.78, 5) is 9.80. The maximum Gasteiger partial charge on any atom is 0.410 e. The molecule has 0 saturated carbocycles. The minimum Gasteiger partial charge on any atom is -0.369 e. The summed E-state index contributed by atoms with van der Waals surface area (Å²) in [6.07, 6.45) is -8.68. The zero-order valence-corrected chi connectivity index (χ0v) is 10.4. The number of nitrogen functional groups attached to an aromatic ring is 1. The first kappa shape index (κ1) is 16.2. The molecule has 20 heavy (non-hydrogen) atoms. The Morgan fingerprint density at radius 3 is 2.10 bits per heavy atom. The molecule has 0 aliphatic carbocycles. The molecule has 0 aliphatic heterocycles. The van der Waals surface area contributed by atoms with Crippen LogP contribution in [0.25, 0.3) is 0 Å². The van der Waals surface area contributed by atoms with Crippen LogP contribution in [0.5, 0.6) is 0 Å². The molecule has 11 heteroatoms. The van der Waals surface area contributed by atoms with E-state index < -0.39 is 36.0 Å². The summed E-state index contributed by atoms with van der Waals surface area (Å²) in [6, 6.07) is -4.42. The third-order valence-electron chi connectivity index (χ3n) is 2.47. The maximum atomic E-state index is 12.7. The highest BCUT2D eigenvalue weighted by Gasteiger charge is 2.40. The fraction of sp³-hybridized carbons (Fsp3) is 0.667. The third kappa shape index (κ3) is 3.61. The first-order valence-corrected chi connectivity index (χ1v) is 5.31. The van der Waals surface area contributed by atoms with E-state index in [0.717, 1.165) is 13.3 Å². The lowest BCUT2D eigenvalue weighted by Gasteiger charge is -2.20. The predicted octanol–water partition coefficient (Wildman–Crippen LogP) is 1.84. The van der Waals surface area contributed by atoms with Crippen LogP contribution >= 0.6 is 0 Å². The molecule has 1 aromatic heterocycles. The van der Waals surface area contributed by atoms with Gasteiger partial charge in [0, 0.05) is 0 Å². The van der Waals surface area contributed by atoms with E-state index >= 15 is 0 Å². The van der Waals surface area contributed by atoms with E-state index in [1.807, 2.05) is 0 Å². The highest BCUT2D eigenvalue weighted by molar-refractivity contribution is 5.15. The number of rotatable bonds is 2. The van der Waals surface area contributed by atoms with Crippen molar-refractivity contribution in [3.05, 3.63) is 11.9 Å². The summed E-state index contributed by atoms with van der Waals surface area (Å²) in [5, 5.41) is 0. The molecule has 5 nitrogen and oxygen atoms in total. The molecule has 1 rings (SSSR count). The highest BCUT2D eigenvalue weighted by atomic mass is 19.4. The average Bonchev–Trinajstić information content (AvgIpc) is 2.25. The number of hydrogen-bond acceptors (Lipinski definition) is 4. The van der Waals surface area contributed by atoms with Crippen LogP contribution in [-0.2, 0) is 0 Å². The Hall–Kier alpha value is -1.81. The summed E-state index contributed by atoms with van der Waals surface area (Å²) < 4.78 is 75.5. The second-order valence-electron chi connectivity index (χ2n) is 3.97. The SMILES string of the molecule is C[C@@H](N=c1ncnc(N)n1[C@H](C)C(F)(F)F)C(F)(F)F. The average molecular weight is 303 g/mol. The van der Waals surface area contributed by atoms with Gasteiger partial charge < -0.3 is 5.73 Å². The molecule has 1 heterocycles. The number of hydrogen-bond donors (Lipinski definition) is 1. The summed E-state index contributed by atoms with van der Waals surface area (Å²) in [7, 11) is 0. The maximum absolute atomic E-state index is 12.7. The largest absolute Gasteiger partial charge is 0.410 e. The van der Waals surface area contributed by atoms with Crippen molar-refractivity contribution >= 4 is 5.95 Å². The number of nitrogens with two attached hydrogens (primary N) is 1. The van der Waals surface area contributed by atoms with Gasteiger partial charge in [-0.15, -0.1) is 0 Å². The lowest BCUT2D eigenvalue weighted by Crippen LogP contribution is -2.38. The van der Waals surface area contributed by atoms with Crippen LogP contribution in [0, 0.1) is 0 Å². The van der Waals surface area contributed by atoms with E-state index in [4.69, 9.17) is 5.73 Å². The molecule has 0 aromatic carbocycles. The van der Waals surface area contributed by atoms with Crippen LogP contribution in [0.1, 0.15) is 19.9 Å². The summed E-state index contributed by atoms with van der Waals surface area (Å²) in [5.74, 6) is -0.627. The fourth-order valence-electron chi connectivity index (χ4n) is 1.23. The lowest BCUT2D eigenvalue weighted by atomic mass is 10.3. The molecule has 0 fully saturated rings. The van der Waals surface area contributed by atoms with Gasteiger partial charge in [0.25, 0.3) is 0 Å². The van der Waals surface area contributed by atoms with Gasteiger partial charge in [0.15, 0.2) is 0 Å². The van der Waals surface area contributed by atoms with Gasteiger partial charge in [-0.1, -0.05) is 0 Å². The zero-order valence-electron chi connectivity index (χ0n) is 10.4. The first-order valence-electron chi connectivity index (χ1n) is 5.31. The highest BCUT2D eigenvalue weighted by Crippen LogP contribution is 2.29. The van der Waals surface area contributed by atoms with Crippen molar-refractivity contribution < 1.29 is 26.3 Å². The van der Waals surface area contributed by atoms with Gasteiger partial charge in [-0.2, -0.15) is 26.3 Å². The zero-order chi connectivity index (χ0) is 15.7. The quantitative estimate of drug-likeness (QED) is 0.848. The number of aromatic nitrogens is 3. The molecular weight excluding hydrogens is 292 g/mol. The Morgan fingerprint density at radius 2 is 1.65 bits per heavy atom. The summed E-state index contributed by atoms with van der Waals surface area (Å²) in [5.41, 5.74) is 4.49. The van der Waals surface area contributed by atoms with Gasteiger partial charge in [0.2, 0.25) is 11.6 Å². The molecule has 0 unspecified atom stereocenters. The number of nitrogens with zero attached hydrogens (tertiary/aromatic N) is 4. The molecule has 0 bridgehead atoms. The molecule has 1 aromatic rings. The van der Waals surface area contributed by atoms with Crippen molar-refractivity contribution in [2.75, 3.05) is 5.73 Å². The molecule has 114 valence electrons. The Bertz CT molecular complexity index is 531. The van der Waals surface area contributed by atoms with E-state index in [0.29, 0.717) is 11.5 Å². The Morgan fingerprint density at radius 1 is 1.10 bits per heavy atom. The Labute approximate surface area is 109 Å². The van der Waals surface area contributed by atoms with Crippen LogP contribution in [0.3, 0.4) is 0 Å². The van der Waals surface area contributed by atoms with E-state index in [1.54, 1.807) is 0 Å². The number of alkyl halides is 6. The van der Waals surface area contributed by atoms with Gasteiger partial charge in [-0.05, 0) is 13.8 Å². The second kappa shape index (κ2) is 5.29. The van der Waals surface area contributed by atoms with Crippen molar-refractivity contribution in [2.24, 2.45) is 4.99 Å². The lowest BCUT2D eigenvalue weighted by molar-refractivity contribution is -0.164. The number of halogens is 6. The number of anilines is 1. The standard InChI is InChI=1S/C9H11F6N5/c1-4(8(10,11)12)19-7-18-3-17-6(16)20(7)5(2)9(13,14)15/h3-5H,1-2H3,(H2,16,17,18,19)/t4-,5-/m1/s1. The van der Waals surface area contributed by atoms with Crippen LogP contribution in [0.4, 0.5) is 32.3 Å². The van der Waals surface area contributed by atoms with Crippen molar-refractivity contribution in [3.8, 4) is 0 Å². The van der Waals surface area contributed by atoms with Crippen LogP contribution in [-0.4, -0.2) is 32.9 Å². The first-order chi connectivity index (χ1) is 8.94. The van der Waals surface area contributed by atoms with Gasteiger partial charge in [0.05, 0.1) is 0 Å². The molecule has 2 N–H and O–H groups in total. The van der Waals surface area contributed by atoms with Gasteiger partial charge in [-0.25, -0.2) is 15.0 Å². The van der Waals surface area contributed by atoms with Crippen molar-refractivity contribution in [1.82, 2.24) is 14.5 Å². The second-order valence-corrected chi connectivity index (χ2v) is 3.97. The normalized spacial score (nSPS) is 17.1. The van der Waals surface area contributed by atoms with Crippen molar-refractivity contribution in [1.29, 1.82) is 0 Å². The van der Waals surface area contributed by atoms with Gasteiger partial charge in [0.1, 0.15) is 18.4 Å². The summed E-state index contributed by atoms with van der Waals surface area (Å²) in [6.45, 7) is 1.41. The topological polar surface area (TPSA) is 69.1 Å². The van der Waals surface area contributed by atoms with Crippen molar-refractivity contribution in [2.45, 2.75) is 38.3 Å². The smallest absolute Gasteiger partial charge is 0.369 e. The molecular formula is C9H11F6N5. The molecule has 0 amide bonds. The van der Waals surface area contributed by atoms with E-state index in [2.05, 4.69) is 15.0 Å². The van der Waals surface area contributed by atoms with Crippen molar-refractivity contribution in [3.63, 3.8) is 0 Å². The van der Waals surface area contributed by atoms with Gasteiger partial charge >= 0.3 is 12.4 Å². The molecule has 2 atom stereocenters. The van der Waals surface area contributed by atoms with E-state index in [9.17, 15) is 26.3 Å².